The molecule has 1 aliphatic heterocycles. The first-order valence-corrected chi connectivity index (χ1v) is 9.08. The molecule has 2 N–H and O–H groups in total. The second kappa shape index (κ2) is 7.42. The van der Waals surface area contributed by atoms with E-state index in [0.29, 0.717) is 17.5 Å². The largest absolute Gasteiger partial charge is 0.366 e. The number of carbonyl (C=O) groups is 1. The number of nitrogens with zero attached hydrogens (tertiary/aromatic N) is 3. The lowest BCUT2D eigenvalue weighted by Crippen LogP contribution is -2.29. The summed E-state index contributed by atoms with van der Waals surface area (Å²) in [6, 6.07) is 6.51. The molecule has 0 aromatic carbocycles. The molecule has 0 bridgehead atoms. The number of rotatable bonds is 6. The zero-order chi connectivity index (χ0) is 17.1. The minimum Gasteiger partial charge on any atom is -0.366 e. The van der Waals surface area contributed by atoms with Crippen molar-refractivity contribution in [2.24, 2.45) is 11.7 Å². The number of pyridine rings is 1. The van der Waals surface area contributed by atoms with E-state index in [1.54, 1.807) is 11.3 Å². The average molecular weight is 344 g/mol. The van der Waals surface area contributed by atoms with Crippen LogP contribution in [0.25, 0.3) is 0 Å². The summed E-state index contributed by atoms with van der Waals surface area (Å²) in [5, 5.41) is 1.84. The van der Waals surface area contributed by atoms with Gasteiger partial charge in [-0.25, -0.2) is 0 Å². The molecule has 0 aliphatic carbocycles. The first-order valence-electron chi connectivity index (χ1n) is 8.20. The lowest BCUT2D eigenvalue weighted by molar-refractivity contribution is 0.100. The molecule has 3 heterocycles. The van der Waals surface area contributed by atoms with Gasteiger partial charge in [0.1, 0.15) is 0 Å². The molecule has 0 spiro atoms. The Bertz CT molecular complexity index is 687. The summed E-state index contributed by atoms with van der Waals surface area (Å²) in [4.78, 5) is 21.4. The molecule has 0 radical (unpaired) electrons. The first kappa shape index (κ1) is 17.1. The Labute approximate surface area is 147 Å². The molecule has 1 aliphatic rings. The lowest BCUT2D eigenvalue weighted by Gasteiger charge is -2.28. The Morgan fingerprint density at radius 3 is 3.04 bits per heavy atom. The van der Waals surface area contributed by atoms with Crippen molar-refractivity contribution in [2.75, 3.05) is 27.2 Å². The van der Waals surface area contributed by atoms with Gasteiger partial charge in [0.05, 0.1) is 5.56 Å². The molecule has 128 valence electrons. The molecule has 0 unspecified atom stereocenters. The van der Waals surface area contributed by atoms with Gasteiger partial charge in [0.15, 0.2) is 0 Å². The number of thiophene rings is 1. The van der Waals surface area contributed by atoms with Crippen molar-refractivity contribution < 1.29 is 4.79 Å². The van der Waals surface area contributed by atoms with E-state index in [0.717, 1.165) is 19.6 Å². The van der Waals surface area contributed by atoms with E-state index in [1.807, 2.05) is 29.9 Å². The van der Waals surface area contributed by atoms with Gasteiger partial charge in [0.25, 0.3) is 0 Å². The minimum atomic E-state index is -0.353. The fraction of sp³-hybridized carbons (Fsp3) is 0.444. The van der Waals surface area contributed by atoms with Crippen LogP contribution in [-0.4, -0.2) is 47.9 Å². The topological polar surface area (TPSA) is 62.5 Å². The second-order valence-corrected chi connectivity index (χ2v) is 7.62. The summed E-state index contributed by atoms with van der Waals surface area (Å²) in [7, 11) is 4.33. The van der Waals surface area contributed by atoms with Gasteiger partial charge in [-0.3, -0.25) is 14.7 Å². The SMILES string of the molecule is CN(Cc1cc(C(N)=O)cs1)C[C@@H]1CCN(C)[C@H]1c1cccnc1. The van der Waals surface area contributed by atoms with Gasteiger partial charge in [-0.1, -0.05) is 6.07 Å². The van der Waals surface area contributed by atoms with E-state index in [2.05, 4.69) is 34.9 Å². The Morgan fingerprint density at radius 1 is 1.54 bits per heavy atom. The molecule has 3 rings (SSSR count). The van der Waals surface area contributed by atoms with E-state index < -0.39 is 0 Å². The summed E-state index contributed by atoms with van der Waals surface area (Å²) >= 11 is 1.60. The normalized spacial score (nSPS) is 21.5. The number of likely N-dealkylation sites (tertiary alicyclic amines) is 1. The number of primary amides is 1. The van der Waals surface area contributed by atoms with Gasteiger partial charge in [-0.15, -0.1) is 11.3 Å². The molecule has 24 heavy (non-hydrogen) atoms. The van der Waals surface area contributed by atoms with Crippen LogP contribution < -0.4 is 5.73 Å². The van der Waals surface area contributed by atoms with Gasteiger partial charge in [0.2, 0.25) is 5.91 Å². The summed E-state index contributed by atoms with van der Waals surface area (Å²) in [6.07, 6.45) is 5.00. The van der Waals surface area contributed by atoms with E-state index in [1.165, 1.54) is 16.9 Å². The predicted octanol–water partition coefficient (Wildman–Crippen LogP) is 2.37. The van der Waals surface area contributed by atoms with Crippen molar-refractivity contribution in [3.63, 3.8) is 0 Å². The van der Waals surface area contributed by atoms with Crippen LogP contribution in [0, 0.1) is 5.92 Å². The Balaban J connectivity index is 1.64. The molecular weight excluding hydrogens is 320 g/mol. The molecule has 6 heteroatoms. The van der Waals surface area contributed by atoms with Crippen molar-refractivity contribution >= 4 is 17.2 Å². The number of nitrogens with two attached hydrogens (primary N) is 1. The molecule has 2 atom stereocenters. The van der Waals surface area contributed by atoms with Crippen molar-refractivity contribution in [2.45, 2.75) is 19.0 Å². The maximum atomic E-state index is 11.2. The zero-order valence-electron chi connectivity index (χ0n) is 14.2. The highest BCUT2D eigenvalue weighted by molar-refractivity contribution is 7.10. The van der Waals surface area contributed by atoms with Gasteiger partial charge in [-0.2, -0.15) is 0 Å². The maximum Gasteiger partial charge on any atom is 0.249 e. The van der Waals surface area contributed by atoms with Crippen LogP contribution >= 0.6 is 11.3 Å². The smallest absolute Gasteiger partial charge is 0.249 e. The number of hydrogen-bond acceptors (Lipinski definition) is 5. The highest BCUT2D eigenvalue weighted by Gasteiger charge is 2.33. The number of carbonyl (C=O) groups excluding carboxylic acids is 1. The third-order valence-corrected chi connectivity index (χ3v) is 5.63. The minimum absolute atomic E-state index is 0.353. The second-order valence-electron chi connectivity index (χ2n) is 6.62. The van der Waals surface area contributed by atoms with Gasteiger partial charge < -0.3 is 10.6 Å². The van der Waals surface area contributed by atoms with E-state index in [4.69, 9.17) is 5.73 Å². The van der Waals surface area contributed by atoms with Crippen LogP contribution in [0.3, 0.4) is 0 Å². The summed E-state index contributed by atoms with van der Waals surface area (Å²) < 4.78 is 0. The summed E-state index contributed by atoms with van der Waals surface area (Å²) in [5.74, 6) is 0.231. The van der Waals surface area contributed by atoms with E-state index >= 15 is 0 Å². The highest BCUT2D eigenvalue weighted by Crippen LogP contribution is 2.36. The molecular formula is C18H24N4OS. The van der Waals surface area contributed by atoms with Crippen molar-refractivity contribution in [1.82, 2.24) is 14.8 Å². The predicted molar refractivity (Wildman–Crippen MR) is 96.9 cm³/mol. The Morgan fingerprint density at radius 2 is 2.38 bits per heavy atom. The van der Waals surface area contributed by atoms with Crippen molar-refractivity contribution in [3.8, 4) is 0 Å². The van der Waals surface area contributed by atoms with E-state index in [-0.39, 0.29) is 5.91 Å². The average Bonchev–Trinajstić information content (AvgIpc) is 3.15. The highest BCUT2D eigenvalue weighted by atomic mass is 32.1. The molecule has 5 nitrogen and oxygen atoms in total. The van der Waals surface area contributed by atoms with Crippen LogP contribution in [0.2, 0.25) is 0 Å². The lowest BCUT2D eigenvalue weighted by atomic mass is 9.94. The molecule has 1 saturated heterocycles. The summed E-state index contributed by atoms with van der Waals surface area (Å²) in [5.41, 5.74) is 7.23. The monoisotopic (exact) mass is 344 g/mol. The fourth-order valence-electron chi connectivity index (χ4n) is 3.62. The Kier molecular flexibility index (Phi) is 5.28. The molecule has 1 fully saturated rings. The number of amides is 1. The van der Waals surface area contributed by atoms with Gasteiger partial charge in [-0.05, 0) is 50.7 Å². The van der Waals surface area contributed by atoms with Crippen molar-refractivity contribution in [3.05, 3.63) is 52.0 Å². The third kappa shape index (κ3) is 3.83. The standard InChI is InChI=1S/C18H24N4OS/c1-21(11-16-8-15(12-24-16)18(19)23)10-14-5-7-22(2)17(14)13-4-3-6-20-9-13/h3-4,6,8-9,12,14,17H,5,7,10-11H2,1-2H3,(H2,19,23)/t14-,17-/m0/s1. The third-order valence-electron chi connectivity index (χ3n) is 4.71. The van der Waals surface area contributed by atoms with E-state index in [9.17, 15) is 4.79 Å². The summed E-state index contributed by atoms with van der Waals surface area (Å²) in [6.45, 7) is 2.98. The zero-order valence-corrected chi connectivity index (χ0v) is 15.0. The molecule has 2 aromatic rings. The maximum absolute atomic E-state index is 11.2. The molecule has 2 aromatic heterocycles. The fourth-order valence-corrected chi connectivity index (χ4v) is 4.57. The number of hydrogen-bond donors (Lipinski definition) is 1. The number of aromatic nitrogens is 1. The quantitative estimate of drug-likeness (QED) is 0.874. The van der Waals surface area contributed by atoms with Crippen LogP contribution in [0.1, 0.15) is 33.3 Å². The van der Waals surface area contributed by atoms with Crippen LogP contribution in [0.15, 0.2) is 36.0 Å². The molecule has 1 amide bonds. The van der Waals surface area contributed by atoms with Gasteiger partial charge in [0, 0.05) is 41.8 Å². The molecule has 0 saturated carbocycles. The van der Waals surface area contributed by atoms with Gasteiger partial charge >= 0.3 is 0 Å². The Hall–Kier alpha value is -1.76. The van der Waals surface area contributed by atoms with Crippen LogP contribution in [-0.2, 0) is 6.54 Å². The van der Waals surface area contributed by atoms with Crippen molar-refractivity contribution in [1.29, 1.82) is 0 Å². The first-order chi connectivity index (χ1) is 11.5. The van der Waals surface area contributed by atoms with Crippen LogP contribution in [0.5, 0.6) is 0 Å². The van der Waals surface area contributed by atoms with Crippen LogP contribution in [0.4, 0.5) is 0 Å².